The van der Waals surface area contributed by atoms with E-state index in [9.17, 15) is 13.2 Å². The Labute approximate surface area is 139 Å². The third kappa shape index (κ3) is 3.66. The van der Waals surface area contributed by atoms with Crippen LogP contribution in [0.25, 0.3) is 11.3 Å². The Morgan fingerprint density at radius 2 is 1.75 bits per heavy atom. The van der Waals surface area contributed by atoms with Crippen LogP contribution in [-0.4, -0.2) is 10.2 Å². The van der Waals surface area contributed by atoms with Gasteiger partial charge in [0.15, 0.2) is 5.13 Å². The van der Waals surface area contributed by atoms with Gasteiger partial charge in [-0.3, -0.25) is 10.7 Å². The highest BCUT2D eigenvalue weighted by atomic mass is 32.1. The number of rotatable bonds is 4. The molecule has 0 aliphatic carbocycles. The summed E-state index contributed by atoms with van der Waals surface area (Å²) >= 11 is 1.28. The van der Waals surface area contributed by atoms with Crippen LogP contribution in [0, 0.1) is 0 Å². The number of hydrogen-bond donors (Lipinski definition) is 3. The van der Waals surface area contributed by atoms with E-state index >= 15 is 0 Å². The van der Waals surface area contributed by atoms with Gasteiger partial charge in [0.25, 0.3) is 0 Å². The molecule has 0 spiro atoms. The van der Waals surface area contributed by atoms with Crippen molar-refractivity contribution in [2.75, 3.05) is 10.8 Å². The molecule has 3 N–H and O–H groups in total. The lowest BCUT2D eigenvalue weighted by atomic mass is 10.1. The van der Waals surface area contributed by atoms with Crippen molar-refractivity contribution in [1.29, 1.82) is 0 Å². The molecule has 24 heavy (non-hydrogen) atoms. The molecule has 0 saturated heterocycles. The van der Waals surface area contributed by atoms with Crippen molar-refractivity contribution in [3.8, 4) is 11.3 Å². The molecule has 2 aromatic carbocycles. The van der Waals surface area contributed by atoms with Gasteiger partial charge in [0.1, 0.15) is 0 Å². The van der Waals surface area contributed by atoms with Gasteiger partial charge in [-0.15, -0.1) is 11.3 Å². The van der Waals surface area contributed by atoms with Crippen LogP contribution in [0.5, 0.6) is 0 Å². The largest absolute Gasteiger partial charge is 0.416 e. The lowest BCUT2D eigenvalue weighted by molar-refractivity contribution is -0.137. The van der Waals surface area contributed by atoms with Crippen LogP contribution in [0.2, 0.25) is 0 Å². The maximum absolute atomic E-state index is 12.7. The van der Waals surface area contributed by atoms with Gasteiger partial charge in [0.05, 0.1) is 16.9 Å². The van der Waals surface area contributed by atoms with Crippen LogP contribution in [0.1, 0.15) is 5.56 Å². The van der Waals surface area contributed by atoms with Crippen LogP contribution in [-0.2, 0) is 6.18 Å². The second-order valence-corrected chi connectivity index (χ2v) is 5.79. The van der Waals surface area contributed by atoms with Gasteiger partial charge < -0.3 is 5.32 Å². The summed E-state index contributed by atoms with van der Waals surface area (Å²) in [5.74, 6) is 0. The third-order valence-corrected chi connectivity index (χ3v) is 3.99. The third-order valence-electron chi connectivity index (χ3n) is 3.23. The second-order valence-electron chi connectivity index (χ2n) is 4.93. The first-order valence-corrected chi connectivity index (χ1v) is 7.74. The van der Waals surface area contributed by atoms with Gasteiger partial charge in [-0.05, 0) is 30.3 Å². The van der Waals surface area contributed by atoms with E-state index in [-0.39, 0.29) is 0 Å². The van der Waals surface area contributed by atoms with Crippen LogP contribution in [0.15, 0.2) is 53.9 Å². The van der Waals surface area contributed by atoms with E-state index in [0.29, 0.717) is 22.2 Å². The molecular formula is C16H12F3N3OS. The molecule has 1 heterocycles. The monoisotopic (exact) mass is 351 g/mol. The van der Waals surface area contributed by atoms with Gasteiger partial charge in [0.2, 0.25) is 0 Å². The lowest BCUT2D eigenvalue weighted by Crippen LogP contribution is -2.05. The molecule has 0 radical (unpaired) electrons. The molecule has 4 nitrogen and oxygen atoms in total. The van der Waals surface area contributed by atoms with Crippen LogP contribution in [0.3, 0.4) is 0 Å². The number of nitrogens with zero attached hydrogens (tertiary/aromatic N) is 1. The fourth-order valence-corrected chi connectivity index (χ4v) is 2.85. The molecule has 3 aromatic rings. The number of nitrogens with one attached hydrogen (secondary N) is 2. The fraction of sp³-hybridized carbons (Fsp3) is 0.0625. The SMILES string of the molecule is ONc1cccc(-c2csc(Nc3cccc(C(F)(F)F)c3)n2)c1. The molecule has 124 valence electrons. The van der Waals surface area contributed by atoms with Crippen molar-refractivity contribution < 1.29 is 18.4 Å². The van der Waals surface area contributed by atoms with Gasteiger partial charge in [-0.2, -0.15) is 13.2 Å². The molecule has 8 heteroatoms. The Morgan fingerprint density at radius 3 is 2.50 bits per heavy atom. The van der Waals surface area contributed by atoms with Crippen molar-refractivity contribution in [2.45, 2.75) is 6.18 Å². The summed E-state index contributed by atoms with van der Waals surface area (Å²) in [6.45, 7) is 0. The first-order valence-electron chi connectivity index (χ1n) is 6.86. The molecule has 0 aliphatic heterocycles. The Bertz CT molecular complexity index is 848. The van der Waals surface area contributed by atoms with E-state index in [4.69, 9.17) is 5.21 Å². The Hall–Kier alpha value is -2.58. The number of benzene rings is 2. The zero-order valence-corrected chi connectivity index (χ0v) is 12.9. The normalized spacial score (nSPS) is 11.3. The van der Waals surface area contributed by atoms with Crippen molar-refractivity contribution in [1.82, 2.24) is 4.98 Å². The van der Waals surface area contributed by atoms with Gasteiger partial charge >= 0.3 is 6.18 Å². The summed E-state index contributed by atoms with van der Waals surface area (Å²) in [6.07, 6.45) is -4.39. The van der Waals surface area contributed by atoms with E-state index in [1.165, 1.54) is 17.4 Å². The summed E-state index contributed by atoms with van der Waals surface area (Å²) in [5, 5.41) is 14.1. The highest BCUT2D eigenvalue weighted by molar-refractivity contribution is 7.14. The predicted octanol–water partition coefficient (Wildman–Crippen LogP) is 5.37. The smallest absolute Gasteiger partial charge is 0.332 e. The van der Waals surface area contributed by atoms with Crippen molar-refractivity contribution >= 4 is 27.8 Å². The summed E-state index contributed by atoms with van der Waals surface area (Å²) in [6, 6.07) is 11.9. The second kappa shape index (κ2) is 6.50. The number of thiazole rings is 1. The fourth-order valence-electron chi connectivity index (χ4n) is 2.11. The number of anilines is 3. The number of aromatic nitrogens is 1. The van der Waals surface area contributed by atoms with Gasteiger partial charge in [0, 0.05) is 16.6 Å². The molecule has 0 amide bonds. The van der Waals surface area contributed by atoms with Crippen LogP contribution in [0.4, 0.5) is 29.7 Å². The van der Waals surface area contributed by atoms with Gasteiger partial charge in [-0.1, -0.05) is 18.2 Å². The van der Waals surface area contributed by atoms with Crippen LogP contribution < -0.4 is 10.8 Å². The molecular weight excluding hydrogens is 339 g/mol. The molecule has 3 rings (SSSR count). The summed E-state index contributed by atoms with van der Waals surface area (Å²) < 4.78 is 38.2. The van der Waals surface area contributed by atoms with Crippen molar-refractivity contribution in [2.24, 2.45) is 0 Å². The van der Waals surface area contributed by atoms with Crippen molar-refractivity contribution in [3.63, 3.8) is 0 Å². The van der Waals surface area contributed by atoms with E-state index < -0.39 is 11.7 Å². The average molecular weight is 351 g/mol. The standard InChI is InChI=1S/C16H12F3N3OS/c17-16(18,19)11-4-2-5-12(8-11)20-15-21-14(9-24-15)10-3-1-6-13(7-10)22-23/h1-9,22-23H,(H,20,21). The molecule has 0 fully saturated rings. The molecule has 0 unspecified atom stereocenters. The Balaban J connectivity index is 1.81. The predicted molar refractivity (Wildman–Crippen MR) is 87.7 cm³/mol. The minimum Gasteiger partial charge on any atom is -0.332 e. The topological polar surface area (TPSA) is 57.2 Å². The van der Waals surface area contributed by atoms with Crippen molar-refractivity contribution in [3.05, 3.63) is 59.5 Å². The zero-order chi connectivity index (χ0) is 17.2. The highest BCUT2D eigenvalue weighted by Gasteiger charge is 2.30. The lowest BCUT2D eigenvalue weighted by Gasteiger charge is -2.09. The van der Waals surface area contributed by atoms with E-state index in [1.807, 2.05) is 6.07 Å². The molecule has 0 bridgehead atoms. The van der Waals surface area contributed by atoms with E-state index in [0.717, 1.165) is 17.7 Å². The molecule has 0 aliphatic rings. The summed E-state index contributed by atoms with van der Waals surface area (Å²) in [5.41, 5.74) is 3.62. The van der Waals surface area contributed by atoms with Crippen LogP contribution >= 0.6 is 11.3 Å². The Kier molecular flexibility index (Phi) is 4.41. The maximum atomic E-state index is 12.7. The maximum Gasteiger partial charge on any atom is 0.416 e. The molecule has 1 aromatic heterocycles. The number of hydrogen-bond acceptors (Lipinski definition) is 5. The first-order chi connectivity index (χ1) is 11.5. The number of alkyl halides is 3. The minimum absolute atomic E-state index is 0.316. The molecule has 0 saturated carbocycles. The zero-order valence-electron chi connectivity index (χ0n) is 12.1. The first kappa shape index (κ1) is 16.3. The highest BCUT2D eigenvalue weighted by Crippen LogP contribution is 2.33. The summed E-state index contributed by atoms with van der Waals surface area (Å²) in [7, 11) is 0. The Morgan fingerprint density at radius 1 is 1.00 bits per heavy atom. The minimum atomic E-state index is -4.39. The molecule has 0 atom stereocenters. The number of halogens is 3. The average Bonchev–Trinajstić information content (AvgIpc) is 3.03. The quantitative estimate of drug-likeness (QED) is 0.553. The van der Waals surface area contributed by atoms with Gasteiger partial charge in [-0.25, -0.2) is 4.98 Å². The van der Waals surface area contributed by atoms with E-state index in [1.54, 1.807) is 29.6 Å². The van der Waals surface area contributed by atoms with E-state index in [2.05, 4.69) is 15.8 Å². The summed E-state index contributed by atoms with van der Waals surface area (Å²) in [4.78, 5) is 4.36.